The lowest BCUT2D eigenvalue weighted by atomic mass is 9.93. The minimum absolute atomic E-state index is 0.185. The molecule has 1 atom stereocenters. The molecule has 1 rings (SSSR count). The first-order chi connectivity index (χ1) is 8.91. The van der Waals surface area contributed by atoms with Crippen molar-refractivity contribution < 1.29 is 14.3 Å². The normalized spacial score (nSPS) is 19.0. The number of rotatable bonds is 9. The van der Waals surface area contributed by atoms with Crippen molar-refractivity contribution in [2.45, 2.75) is 64.5 Å². The summed E-state index contributed by atoms with van der Waals surface area (Å²) in [4.78, 5) is 12.3. The van der Waals surface area contributed by atoms with E-state index in [4.69, 9.17) is 9.47 Å². The molecule has 0 aromatic carbocycles. The SMILES string of the molecule is CCCNC(COC(C)(C)CC)(C(=O)OC)C1CC1. The molecule has 0 aromatic rings. The van der Waals surface area contributed by atoms with Crippen molar-refractivity contribution in [3.8, 4) is 0 Å². The highest BCUT2D eigenvalue weighted by Gasteiger charge is 2.52. The lowest BCUT2D eigenvalue weighted by molar-refractivity contribution is -0.156. The number of ether oxygens (including phenoxy) is 2. The van der Waals surface area contributed by atoms with E-state index < -0.39 is 5.54 Å². The van der Waals surface area contributed by atoms with Crippen molar-refractivity contribution in [1.82, 2.24) is 5.32 Å². The molecule has 1 saturated carbocycles. The van der Waals surface area contributed by atoms with E-state index in [1.807, 2.05) is 0 Å². The molecular weight excluding hydrogens is 242 g/mol. The molecule has 1 unspecified atom stereocenters. The van der Waals surface area contributed by atoms with Crippen molar-refractivity contribution in [1.29, 1.82) is 0 Å². The van der Waals surface area contributed by atoms with Crippen LogP contribution in [0.1, 0.15) is 53.4 Å². The van der Waals surface area contributed by atoms with Gasteiger partial charge in [-0.05, 0) is 52.0 Å². The first kappa shape index (κ1) is 16.4. The summed E-state index contributed by atoms with van der Waals surface area (Å²) in [6, 6.07) is 0. The fourth-order valence-corrected chi connectivity index (χ4v) is 2.13. The van der Waals surface area contributed by atoms with Gasteiger partial charge in [-0.1, -0.05) is 13.8 Å². The molecule has 0 aromatic heterocycles. The van der Waals surface area contributed by atoms with E-state index in [0.717, 1.165) is 32.2 Å². The summed E-state index contributed by atoms with van der Waals surface area (Å²) < 4.78 is 11.0. The topological polar surface area (TPSA) is 47.6 Å². The zero-order valence-electron chi connectivity index (χ0n) is 13.0. The summed E-state index contributed by atoms with van der Waals surface area (Å²) in [5.74, 6) is 0.162. The van der Waals surface area contributed by atoms with Gasteiger partial charge < -0.3 is 9.47 Å². The largest absolute Gasteiger partial charge is 0.468 e. The maximum atomic E-state index is 12.3. The second-order valence-electron chi connectivity index (χ2n) is 6.07. The number of methoxy groups -OCH3 is 1. The molecule has 4 nitrogen and oxygen atoms in total. The monoisotopic (exact) mass is 271 g/mol. The zero-order valence-corrected chi connectivity index (χ0v) is 13.0. The maximum absolute atomic E-state index is 12.3. The number of esters is 1. The molecule has 0 heterocycles. The second kappa shape index (κ2) is 6.71. The fraction of sp³-hybridized carbons (Fsp3) is 0.933. The average molecular weight is 271 g/mol. The molecule has 1 aliphatic rings. The molecule has 19 heavy (non-hydrogen) atoms. The number of hydrogen-bond donors (Lipinski definition) is 1. The number of carbonyl (C=O) groups is 1. The number of carbonyl (C=O) groups excluding carboxylic acids is 1. The van der Waals surface area contributed by atoms with Crippen LogP contribution in [-0.2, 0) is 14.3 Å². The van der Waals surface area contributed by atoms with Crippen molar-refractivity contribution in [2.24, 2.45) is 5.92 Å². The lowest BCUT2D eigenvalue weighted by Crippen LogP contribution is -2.59. The molecule has 0 amide bonds. The molecule has 112 valence electrons. The van der Waals surface area contributed by atoms with Crippen molar-refractivity contribution in [2.75, 3.05) is 20.3 Å². The Morgan fingerprint density at radius 2 is 1.95 bits per heavy atom. The molecule has 0 bridgehead atoms. The van der Waals surface area contributed by atoms with Crippen molar-refractivity contribution >= 4 is 5.97 Å². The van der Waals surface area contributed by atoms with E-state index in [1.54, 1.807) is 0 Å². The highest BCUT2D eigenvalue weighted by Crippen LogP contribution is 2.41. The summed E-state index contributed by atoms with van der Waals surface area (Å²) in [5, 5.41) is 3.39. The first-order valence-corrected chi connectivity index (χ1v) is 7.39. The molecule has 0 saturated heterocycles. The second-order valence-corrected chi connectivity index (χ2v) is 6.07. The fourth-order valence-electron chi connectivity index (χ4n) is 2.13. The maximum Gasteiger partial charge on any atom is 0.328 e. The Hall–Kier alpha value is -0.610. The standard InChI is InChI=1S/C15H29NO3/c1-6-10-16-15(12-8-9-12,13(17)18-5)11-19-14(3,4)7-2/h12,16H,6-11H2,1-5H3. The Labute approximate surface area is 117 Å². The van der Waals surface area contributed by atoms with Gasteiger partial charge in [0.25, 0.3) is 0 Å². The third kappa shape index (κ3) is 4.18. The smallest absolute Gasteiger partial charge is 0.328 e. The van der Waals surface area contributed by atoms with Gasteiger partial charge in [0.2, 0.25) is 0 Å². The van der Waals surface area contributed by atoms with Crippen LogP contribution in [0.15, 0.2) is 0 Å². The van der Waals surface area contributed by atoms with Crippen LogP contribution in [0.5, 0.6) is 0 Å². The molecule has 0 radical (unpaired) electrons. The molecule has 1 fully saturated rings. The molecular formula is C15H29NO3. The molecule has 0 spiro atoms. The Morgan fingerprint density at radius 1 is 1.32 bits per heavy atom. The molecule has 0 aliphatic heterocycles. The molecule has 4 heteroatoms. The quantitative estimate of drug-likeness (QED) is 0.655. The summed E-state index contributed by atoms with van der Waals surface area (Å²) in [6.45, 7) is 9.51. The lowest BCUT2D eigenvalue weighted by Gasteiger charge is -2.35. The van der Waals surface area contributed by atoms with E-state index in [0.29, 0.717) is 12.5 Å². The highest BCUT2D eigenvalue weighted by molar-refractivity contribution is 5.82. The molecule has 1 aliphatic carbocycles. The van der Waals surface area contributed by atoms with Crippen LogP contribution in [0.3, 0.4) is 0 Å². The third-order valence-corrected chi connectivity index (χ3v) is 4.06. The minimum Gasteiger partial charge on any atom is -0.468 e. The van der Waals surface area contributed by atoms with Crippen LogP contribution < -0.4 is 5.32 Å². The Kier molecular flexibility index (Phi) is 5.81. The Morgan fingerprint density at radius 3 is 2.37 bits per heavy atom. The average Bonchev–Trinajstić information content (AvgIpc) is 3.23. The van der Waals surface area contributed by atoms with Crippen LogP contribution >= 0.6 is 0 Å². The number of nitrogens with one attached hydrogen (secondary N) is 1. The van der Waals surface area contributed by atoms with Crippen LogP contribution in [0, 0.1) is 5.92 Å². The van der Waals surface area contributed by atoms with E-state index in [-0.39, 0.29) is 11.6 Å². The summed E-state index contributed by atoms with van der Waals surface area (Å²) in [7, 11) is 1.46. The minimum atomic E-state index is -0.656. The van der Waals surface area contributed by atoms with Gasteiger partial charge in [-0.3, -0.25) is 5.32 Å². The van der Waals surface area contributed by atoms with E-state index >= 15 is 0 Å². The Balaban J connectivity index is 2.80. The van der Waals surface area contributed by atoms with Gasteiger partial charge in [-0.25, -0.2) is 4.79 Å². The van der Waals surface area contributed by atoms with E-state index in [1.165, 1.54) is 7.11 Å². The van der Waals surface area contributed by atoms with Gasteiger partial charge in [-0.2, -0.15) is 0 Å². The van der Waals surface area contributed by atoms with E-state index in [9.17, 15) is 4.79 Å². The highest BCUT2D eigenvalue weighted by atomic mass is 16.5. The third-order valence-electron chi connectivity index (χ3n) is 4.06. The first-order valence-electron chi connectivity index (χ1n) is 7.39. The van der Waals surface area contributed by atoms with Gasteiger partial charge in [0.1, 0.15) is 5.54 Å². The van der Waals surface area contributed by atoms with E-state index in [2.05, 4.69) is 33.0 Å². The summed E-state index contributed by atoms with van der Waals surface area (Å²) >= 11 is 0. The van der Waals surface area contributed by atoms with Gasteiger partial charge in [0.05, 0.1) is 19.3 Å². The van der Waals surface area contributed by atoms with Crippen LogP contribution in [0.25, 0.3) is 0 Å². The van der Waals surface area contributed by atoms with Crippen LogP contribution in [0.2, 0.25) is 0 Å². The molecule has 1 N–H and O–H groups in total. The van der Waals surface area contributed by atoms with Gasteiger partial charge in [0.15, 0.2) is 0 Å². The van der Waals surface area contributed by atoms with Crippen LogP contribution in [-0.4, -0.2) is 37.4 Å². The van der Waals surface area contributed by atoms with Gasteiger partial charge in [-0.15, -0.1) is 0 Å². The van der Waals surface area contributed by atoms with Crippen LogP contribution in [0.4, 0.5) is 0 Å². The Bertz CT molecular complexity index is 300. The zero-order chi connectivity index (χ0) is 14.5. The van der Waals surface area contributed by atoms with Crippen molar-refractivity contribution in [3.63, 3.8) is 0 Å². The van der Waals surface area contributed by atoms with Gasteiger partial charge in [0, 0.05) is 0 Å². The predicted molar refractivity (Wildman–Crippen MR) is 76.1 cm³/mol. The number of hydrogen-bond acceptors (Lipinski definition) is 4. The van der Waals surface area contributed by atoms with Gasteiger partial charge >= 0.3 is 5.97 Å². The van der Waals surface area contributed by atoms with Crippen molar-refractivity contribution in [3.05, 3.63) is 0 Å². The predicted octanol–water partition coefficient (Wildman–Crippen LogP) is 2.51. The summed E-state index contributed by atoms with van der Waals surface area (Å²) in [5.41, 5.74) is -0.862. The summed E-state index contributed by atoms with van der Waals surface area (Å²) in [6.07, 6.45) is 4.05.